The summed E-state index contributed by atoms with van der Waals surface area (Å²) in [5.74, 6) is -0.0680. The summed E-state index contributed by atoms with van der Waals surface area (Å²) in [5, 5.41) is 0.576. The number of hydrogen-bond acceptors (Lipinski definition) is 3. The largest absolute Gasteiger partial charge is 0.425 e. The van der Waals surface area contributed by atoms with Crippen molar-refractivity contribution in [1.29, 1.82) is 0 Å². The van der Waals surface area contributed by atoms with Crippen molar-refractivity contribution in [1.82, 2.24) is 9.13 Å². The molecule has 0 radical (unpaired) electrons. The van der Waals surface area contributed by atoms with E-state index >= 15 is 0 Å². The lowest BCUT2D eigenvalue weighted by Crippen LogP contribution is -2.27. The molecule has 0 bridgehead atoms. The molecule has 5 nitrogen and oxygen atoms in total. The van der Waals surface area contributed by atoms with Crippen LogP contribution < -0.4 is 10.4 Å². The summed E-state index contributed by atoms with van der Waals surface area (Å²) in [5.41, 5.74) is 1.98. The van der Waals surface area contributed by atoms with E-state index in [0.29, 0.717) is 16.3 Å². The smallest absolute Gasteiger partial charge is 0.331 e. The highest BCUT2D eigenvalue weighted by molar-refractivity contribution is 6.30. The molecule has 3 aromatic rings. The Bertz CT molecular complexity index is 956. The highest BCUT2D eigenvalue weighted by Crippen LogP contribution is 2.22. The van der Waals surface area contributed by atoms with Crippen LogP contribution in [-0.2, 0) is 18.4 Å². The maximum Gasteiger partial charge on any atom is 0.331 e. The van der Waals surface area contributed by atoms with Crippen molar-refractivity contribution in [2.75, 3.05) is 0 Å². The first-order valence-electron chi connectivity index (χ1n) is 7.08. The van der Waals surface area contributed by atoms with Gasteiger partial charge in [-0.15, -0.1) is 0 Å². The summed E-state index contributed by atoms with van der Waals surface area (Å²) in [6.07, 6.45) is 0. The quantitative estimate of drug-likeness (QED) is 0.548. The molecule has 23 heavy (non-hydrogen) atoms. The number of nitrogens with zero attached hydrogens (tertiary/aromatic N) is 2. The first kappa shape index (κ1) is 15.4. The molecule has 0 N–H and O–H groups in total. The second-order valence-corrected chi connectivity index (χ2v) is 5.74. The minimum absolute atomic E-state index is 0.151. The Labute approximate surface area is 137 Å². The zero-order valence-corrected chi connectivity index (χ0v) is 13.5. The van der Waals surface area contributed by atoms with Gasteiger partial charge in [-0.25, -0.2) is 9.59 Å². The van der Waals surface area contributed by atoms with E-state index in [1.54, 1.807) is 38.2 Å². The van der Waals surface area contributed by atoms with Gasteiger partial charge in [0.05, 0.1) is 11.0 Å². The molecule has 6 heteroatoms. The summed E-state index contributed by atoms with van der Waals surface area (Å²) in [4.78, 5) is 24.5. The van der Waals surface area contributed by atoms with Crippen LogP contribution in [0.15, 0.2) is 47.3 Å². The van der Waals surface area contributed by atoms with Crippen molar-refractivity contribution >= 4 is 28.6 Å². The number of imidazole rings is 1. The lowest BCUT2D eigenvalue weighted by atomic mass is 10.2. The molecule has 0 saturated heterocycles. The van der Waals surface area contributed by atoms with E-state index in [-0.39, 0.29) is 12.2 Å². The van der Waals surface area contributed by atoms with E-state index in [0.717, 1.165) is 11.1 Å². The maximum atomic E-state index is 12.3. The van der Waals surface area contributed by atoms with Crippen LogP contribution in [0.25, 0.3) is 11.0 Å². The Hall–Kier alpha value is -2.53. The molecule has 1 heterocycles. The molecule has 0 saturated carbocycles. The van der Waals surface area contributed by atoms with Crippen molar-refractivity contribution < 1.29 is 9.53 Å². The van der Waals surface area contributed by atoms with Crippen LogP contribution >= 0.6 is 11.6 Å². The van der Waals surface area contributed by atoms with Crippen molar-refractivity contribution in [3.63, 3.8) is 0 Å². The molecule has 0 aliphatic rings. The van der Waals surface area contributed by atoms with Gasteiger partial charge < -0.3 is 4.74 Å². The minimum atomic E-state index is -0.506. The highest BCUT2D eigenvalue weighted by Gasteiger charge is 2.15. The number of carbonyl (C=O) groups excluding carboxylic acids is 1. The molecule has 0 atom stereocenters. The van der Waals surface area contributed by atoms with Crippen molar-refractivity contribution in [2.45, 2.75) is 13.5 Å². The fourth-order valence-electron chi connectivity index (χ4n) is 2.53. The predicted molar refractivity (Wildman–Crippen MR) is 89.0 cm³/mol. The minimum Gasteiger partial charge on any atom is -0.425 e. The summed E-state index contributed by atoms with van der Waals surface area (Å²) in [7, 11) is 1.68. The predicted octanol–water partition coefficient (Wildman–Crippen LogP) is 2.91. The molecule has 3 rings (SSSR count). The van der Waals surface area contributed by atoms with Gasteiger partial charge in [0.15, 0.2) is 0 Å². The van der Waals surface area contributed by atoms with Gasteiger partial charge in [-0.2, -0.15) is 0 Å². The molecule has 0 aliphatic heterocycles. The van der Waals surface area contributed by atoms with Crippen LogP contribution in [0.2, 0.25) is 5.02 Å². The van der Waals surface area contributed by atoms with Gasteiger partial charge in [0.2, 0.25) is 0 Å². The molecule has 118 valence electrons. The summed E-state index contributed by atoms with van der Waals surface area (Å²) in [6.45, 7) is 1.65. The average molecular weight is 331 g/mol. The van der Waals surface area contributed by atoms with Crippen LogP contribution in [0.3, 0.4) is 0 Å². The summed E-state index contributed by atoms with van der Waals surface area (Å²) >= 11 is 5.88. The van der Waals surface area contributed by atoms with Crippen LogP contribution in [-0.4, -0.2) is 15.1 Å². The van der Waals surface area contributed by atoms with Gasteiger partial charge in [-0.05, 0) is 42.8 Å². The summed E-state index contributed by atoms with van der Waals surface area (Å²) in [6, 6.07) is 12.3. The van der Waals surface area contributed by atoms with Crippen LogP contribution in [0.1, 0.15) is 5.56 Å². The zero-order chi connectivity index (χ0) is 16.6. The SMILES string of the molecule is Cc1cc(Cl)ccc1OC(=O)Cn1c(=O)n(C)c2ccccc21. The summed E-state index contributed by atoms with van der Waals surface area (Å²) < 4.78 is 8.27. The standard InChI is InChI=1S/C17H15ClN2O3/c1-11-9-12(18)7-8-15(11)23-16(21)10-20-14-6-4-3-5-13(14)19(2)17(20)22/h3-9H,10H2,1-2H3. The van der Waals surface area contributed by atoms with Crippen LogP contribution in [0.5, 0.6) is 5.75 Å². The molecular weight excluding hydrogens is 316 g/mol. The molecule has 1 aromatic heterocycles. The Morgan fingerprint density at radius 2 is 1.87 bits per heavy atom. The monoisotopic (exact) mass is 330 g/mol. The third kappa shape index (κ3) is 2.87. The van der Waals surface area contributed by atoms with E-state index < -0.39 is 5.97 Å². The van der Waals surface area contributed by atoms with Gasteiger partial charge in [0.1, 0.15) is 12.3 Å². The van der Waals surface area contributed by atoms with Crippen molar-refractivity contribution in [2.24, 2.45) is 7.05 Å². The number of benzene rings is 2. The number of rotatable bonds is 3. The molecule has 0 amide bonds. The number of aromatic nitrogens is 2. The van der Waals surface area contributed by atoms with E-state index in [1.165, 1.54) is 9.13 Å². The van der Waals surface area contributed by atoms with Gasteiger partial charge >= 0.3 is 11.7 Å². The number of fused-ring (bicyclic) bond motifs is 1. The number of halogens is 1. The van der Waals surface area contributed by atoms with E-state index in [2.05, 4.69) is 0 Å². The third-order valence-corrected chi connectivity index (χ3v) is 3.93. The fourth-order valence-corrected chi connectivity index (χ4v) is 2.75. The zero-order valence-electron chi connectivity index (χ0n) is 12.7. The number of para-hydroxylation sites is 2. The van der Waals surface area contributed by atoms with E-state index in [9.17, 15) is 9.59 Å². The number of carbonyl (C=O) groups is 1. The van der Waals surface area contributed by atoms with E-state index in [4.69, 9.17) is 16.3 Å². The molecule has 0 spiro atoms. The Morgan fingerprint density at radius 1 is 1.17 bits per heavy atom. The van der Waals surface area contributed by atoms with Gasteiger partial charge in [0.25, 0.3) is 0 Å². The first-order valence-corrected chi connectivity index (χ1v) is 7.46. The fraction of sp³-hybridized carbons (Fsp3) is 0.176. The molecule has 2 aromatic carbocycles. The van der Waals surface area contributed by atoms with Crippen LogP contribution in [0.4, 0.5) is 0 Å². The molecule has 0 fully saturated rings. The van der Waals surface area contributed by atoms with Gasteiger partial charge in [-0.3, -0.25) is 9.13 Å². The lowest BCUT2D eigenvalue weighted by Gasteiger charge is -2.08. The average Bonchev–Trinajstić information content (AvgIpc) is 2.76. The van der Waals surface area contributed by atoms with E-state index in [1.807, 2.05) is 18.2 Å². The van der Waals surface area contributed by atoms with Crippen LogP contribution in [0, 0.1) is 6.92 Å². The first-order chi connectivity index (χ1) is 11.0. The number of esters is 1. The second kappa shape index (κ2) is 5.93. The highest BCUT2D eigenvalue weighted by atomic mass is 35.5. The Balaban J connectivity index is 1.89. The third-order valence-electron chi connectivity index (χ3n) is 3.70. The topological polar surface area (TPSA) is 53.2 Å². The number of aryl methyl sites for hydroxylation is 2. The number of hydrogen-bond donors (Lipinski definition) is 0. The Morgan fingerprint density at radius 3 is 2.57 bits per heavy atom. The van der Waals surface area contributed by atoms with Gasteiger partial charge in [-0.1, -0.05) is 23.7 Å². The Kier molecular flexibility index (Phi) is 3.96. The van der Waals surface area contributed by atoms with Gasteiger partial charge in [0, 0.05) is 12.1 Å². The second-order valence-electron chi connectivity index (χ2n) is 5.30. The normalized spacial score (nSPS) is 10.9. The molecular formula is C17H15ClN2O3. The molecule has 0 unspecified atom stereocenters. The molecule has 0 aliphatic carbocycles. The lowest BCUT2D eigenvalue weighted by molar-refractivity contribution is -0.135. The maximum absolute atomic E-state index is 12.3. The number of ether oxygens (including phenoxy) is 1. The van der Waals surface area contributed by atoms with Crippen molar-refractivity contribution in [3.05, 3.63) is 63.5 Å². The van der Waals surface area contributed by atoms with Crippen molar-refractivity contribution in [3.8, 4) is 5.75 Å².